The molecule has 3 aliphatic rings. The molecule has 6 rings (SSSR count). The van der Waals surface area contributed by atoms with Gasteiger partial charge in [-0.25, -0.2) is 13.6 Å². The van der Waals surface area contributed by atoms with Crippen LogP contribution < -0.4 is 10.2 Å². The quantitative estimate of drug-likeness (QED) is 0.518. The number of nitrogens with zero attached hydrogens (tertiary/aromatic N) is 6. The van der Waals surface area contributed by atoms with Gasteiger partial charge in [-0.1, -0.05) is 0 Å². The van der Waals surface area contributed by atoms with Crippen LogP contribution in [0, 0.1) is 0 Å². The van der Waals surface area contributed by atoms with Crippen LogP contribution in [-0.4, -0.2) is 63.3 Å². The number of nitrogens with one attached hydrogen (secondary N) is 1. The van der Waals surface area contributed by atoms with Gasteiger partial charge < -0.3 is 19.9 Å². The van der Waals surface area contributed by atoms with Crippen molar-refractivity contribution >= 4 is 17.5 Å². The molecule has 208 valence electrons. The summed E-state index contributed by atoms with van der Waals surface area (Å²) in [5.74, 6) is 0.771. The van der Waals surface area contributed by atoms with Crippen molar-refractivity contribution in [2.45, 2.75) is 64.1 Å². The zero-order chi connectivity index (χ0) is 27.3. The summed E-state index contributed by atoms with van der Waals surface area (Å²) in [6.45, 7) is 4.49. The maximum absolute atomic E-state index is 14.4. The van der Waals surface area contributed by atoms with E-state index in [0.717, 1.165) is 54.0 Å². The first-order chi connectivity index (χ1) is 18.8. The third kappa shape index (κ3) is 4.66. The predicted octanol–water partition coefficient (Wildman–Crippen LogP) is 4.74. The van der Waals surface area contributed by atoms with Gasteiger partial charge in [-0.15, -0.1) is 0 Å². The number of carbonyl (C=O) groups is 1. The van der Waals surface area contributed by atoms with Gasteiger partial charge in [0.05, 0.1) is 24.9 Å². The number of anilines is 2. The van der Waals surface area contributed by atoms with Crippen LogP contribution in [0.5, 0.6) is 0 Å². The van der Waals surface area contributed by atoms with E-state index in [1.165, 1.54) is 0 Å². The molecule has 2 aromatic heterocycles. The Morgan fingerprint density at radius 1 is 1.23 bits per heavy atom. The molecule has 1 aromatic carbocycles. The van der Waals surface area contributed by atoms with Crippen LogP contribution in [0.2, 0.25) is 0 Å². The summed E-state index contributed by atoms with van der Waals surface area (Å²) < 4.78 is 38.4. The van der Waals surface area contributed by atoms with Crippen molar-refractivity contribution in [1.29, 1.82) is 0 Å². The molecule has 1 fully saturated rings. The van der Waals surface area contributed by atoms with Gasteiger partial charge in [0, 0.05) is 74.5 Å². The maximum Gasteiger partial charge on any atom is 0.317 e. The number of aryl methyl sites for hydroxylation is 2. The Kier molecular flexibility index (Phi) is 6.78. The van der Waals surface area contributed by atoms with Crippen LogP contribution in [0.1, 0.15) is 61.0 Å². The van der Waals surface area contributed by atoms with E-state index in [1.807, 2.05) is 6.07 Å². The Bertz CT molecular complexity index is 1380. The third-order valence-electron chi connectivity index (χ3n) is 8.25. The van der Waals surface area contributed by atoms with Gasteiger partial charge in [-0.2, -0.15) is 10.2 Å². The van der Waals surface area contributed by atoms with Gasteiger partial charge in [-0.3, -0.25) is 9.36 Å². The predicted molar refractivity (Wildman–Crippen MR) is 143 cm³/mol. The summed E-state index contributed by atoms with van der Waals surface area (Å²) >= 11 is 0. The Balaban J connectivity index is 1.46. The second-order valence-corrected chi connectivity index (χ2v) is 10.8. The molecule has 3 aromatic rings. The Labute approximate surface area is 226 Å². The first kappa shape index (κ1) is 25.8. The van der Waals surface area contributed by atoms with Crippen LogP contribution in [-0.2, 0) is 31.2 Å². The van der Waals surface area contributed by atoms with Gasteiger partial charge in [0.1, 0.15) is 0 Å². The number of rotatable bonds is 4. The lowest BCUT2D eigenvalue weighted by molar-refractivity contribution is 0.00282. The number of hydrogen-bond donors (Lipinski definition) is 1. The fourth-order valence-electron chi connectivity index (χ4n) is 6.33. The van der Waals surface area contributed by atoms with Crippen molar-refractivity contribution < 1.29 is 18.3 Å². The Morgan fingerprint density at radius 2 is 2.08 bits per heavy atom. The van der Waals surface area contributed by atoms with E-state index in [-0.39, 0.29) is 23.7 Å². The minimum absolute atomic E-state index is 0.00723. The standard InChI is InChI=1S/C28H35F2N7O2/c1-17-11-20(7-10-39-17)37-24-6-9-35(28(38)31-2)16-23(24)27(33-37)36-8-4-5-18-12-21(19-14-32-34(3)15-19)22(26(29)30)13-25(18)36/h12-15,17,20,26H,4-11,16H2,1-3H3,(H,31,38)/t17-,20?/m1/s1. The van der Waals surface area contributed by atoms with E-state index in [4.69, 9.17) is 9.84 Å². The molecule has 9 nitrogen and oxygen atoms in total. The third-order valence-corrected chi connectivity index (χ3v) is 8.25. The van der Waals surface area contributed by atoms with Crippen LogP contribution in [0.3, 0.4) is 0 Å². The number of ether oxygens (including phenoxy) is 1. The summed E-state index contributed by atoms with van der Waals surface area (Å²) in [4.78, 5) is 16.5. The molecular formula is C28H35F2N7O2. The zero-order valence-electron chi connectivity index (χ0n) is 22.7. The minimum Gasteiger partial charge on any atom is -0.378 e. The molecule has 39 heavy (non-hydrogen) atoms. The maximum atomic E-state index is 14.4. The SMILES string of the molecule is CNC(=O)N1CCc2c(c(N3CCCc4cc(-c5cnn(C)c5)c(C(F)F)cc43)nn2C2CCO[C@H](C)C2)C1. The average molecular weight is 540 g/mol. The molecule has 0 radical (unpaired) electrons. The molecule has 2 atom stereocenters. The van der Waals surface area contributed by atoms with Crippen molar-refractivity contribution in [2.75, 3.05) is 31.6 Å². The van der Waals surface area contributed by atoms with E-state index < -0.39 is 6.43 Å². The number of alkyl halides is 2. The zero-order valence-corrected chi connectivity index (χ0v) is 22.7. The first-order valence-corrected chi connectivity index (χ1v) is 13.7. The highest BCUT2D eigenvalue weighted by atomic mass is 19.3. The fourth-order valence-corrected chi connectivity index (χ4v) is 6.33. The van der Waals surface area contributed by atoms with Crippen molar-refractivity contribution in [3.8, 4) is 11.1 Å². The number of aromatic nitrogens is 4. The van der Waals surface area contributed by atoms with Crippen molar-refractivity contribution in [3.63, 3.8) is 0 Å². The van der Waals surface area contributed by atoms with E-state index in [9.17, 15) is 13.6 Å². The number of halogens is 2. The monoisotopic (exact) mass is 539 g/mol. The summed E-state index contributed by atoms with van der Waals surface area (Å²) in [6.07, 6.45) is 5.04. The fraction of sp³-hybridized carbons (Fsp3) is 0.536. The van der Waals surface area contributed by atoms with Crippen LogP contribution in [0.25, 0.3) is 11.1 Å². The number of fused-ring (bicyclic) bond motifs is 2. The second kappa shape index (κ2) is 10.3. The Hall–Kier alpha value is -3.47. The molecule has 2 amide bonds. The average Bonchev–Trinajstić information content (AvgIpc) is 3.54. The van der Waals surface area contributed by atoms with Crippen molar-refractivity contribution in [2.24, 2.45) is 7.05 Å². The molecule has 11 heteroatoms. The molecule has 0 bridgehead atoms. The molecule has 5 heterocycles. The van der Waals surface area contributed by atoms with E-state index in [0.29, 0.717) is 43.8 Å². The number of benzene rings is 1. The highest BCUT2D eigenvalue weighted by Gasteiger charge is 2.35. The van der Waals surface area contributed by atoms with Gasteiger partial charge in [0.15, 0.2) is 5.82 Å². The van der Waals surface area contributed by atoms with Gasteiger partial charge in [0.2, 0.25) is 0 Å². The van der Waals surface area contributed by atoms with Gasteiger partial charge >= 0.3 is 6.03 Å². The number of amides is 2. The Morgan fingerprint density at radius 3 is 2.79 bits per heavy atom. The molecule has 3 aliphatic heterocycles. The lowest BCUT2D eigenvalue weighted by Gasteiger charge is -2.33. The molecule has 1 unspecified atom stereocenters. The van der Waals surface area contributed by atoms with Crippen LogP contribution in [0.4, 0.5) is 25.1 Å². The minimum atomic E-state index is -2.63. The van der Waals surface area contributed by atoms with Gasteiger partial charge in [-0.05, 0) is 55.9 Å². The molecule has 0 saturated carbocycles. The molecule has 1 N–H and O–H groups in total. The van der Waals surface area contributed by atoms with E-state index in [1.54, 1.807) is 42.1 Å². The molecule has 0 aliphatic carbocycles. The summed E-state index contributed by atoms with van der Waals surface area (Å²) in [5.41, 5.74) is 5.13. The largest absolute Gasteiger partial charge is 0.378 e. The molecular weight excluding hydrogens is 504 g/mol. The van der Waals surface area contributed by atoms with Crippen molar-refractivity contribution in [1.82, 2.24) is 29.8 Å². The molecule has 0 spiro atoms. The summed E-state index contributed by atoms with van der Waals surface area (Å²) in [7, 11) is 3.42. The molecule has 1 saturated heterocycles. The van der Waals surface area contributed by atoms with Crippen LogP contribution >= 0.6 is 0 Å². The number of hydrogen-bond acceptors (Lipinski definition) is 5. The van der Waals surface area contributed by atoms with E-state index >= 15 is 0 Å². The van der Waals surface area contributed by atoms with Gasteiger partial charge in [0.25, 0.3) is 6.43 Å². The summed E-state index contributed by atoms with van der Waals surface area (Å²) in [5, 5.41) is 12.1. The van der Waals surface area contributed by atoms with E-state index in [2.05, 4.69) is 26.9 Å². The topological polar surface area (TPSA) is 80.5 Å². The van der Waals surface area contributed by atoms with Crippen molar-refractivity contribution in [3.05, 3.63) is 46.9 Å². The second-order valence-electron chi connectivity index (χ2n) is 10.8. The lowest BCUT2D eigenvalue weighted by atomic mass is 9.92. The highest BCUT2D eigenvalue weighted by Crippen LogP contribution is 2.43. The highest BCUT2D eigenvalue weighted by molar-refractivity contribution is 5.78. The normalized spacial score (nSPS) is 21.2. The first-order valence-electron chi connectivity index (χ1n) is 13.7. The number of urea groups is 1. The summed E-state index contributed by atoms with van der Waals surface area (Å²) in [6, 6.07) is 3.62. The smallest absolute Gasteiger partial charge is 0.317 e. The lowest BCUT2D eigenvalue weighted by Crippen LogP contribution is -2.42. The number of carbonyl (C=O) groups excluding carboxylic acids is 1. The van der Waals surface area contributed by atoms with Crippen LogP contribution in [0.15, 0.2) is 24.5 Å².